The van der Waals surface area contributed by atoms with Gasteiger partial charge in [0.25, 0.3) is 5.91 Å². The van der Waals surface area contributed by atoms with E-state index in [2.05, 4.69) is 10.3 Å². The maximum absolute atomic E-state index is 13.0. The smallest absolute Gasteiger partial charge is 0.257 e. The van der Waals surface area contributed by atoms with Gasteiger partial charge in [-0.25, -0.2) is 13.4 Å². The Hall–Kier alpha value is -2.99. The minimum atomic E-state index is -3.34. The molecule has 0 radical (unpaired) electrons. The van der Waals surface area contributed by atoms with Crippen molar-refractivity contribution >= 4 is 32.2 Å². The molecule has 0 aliphatic heterocycles. The summed E-state index contributed by atoms with van der Waals surface area (Å²) in [6.07, 6.45) is 0.103. The van der Waals surface area contributed by atoms with Crippen molar-refractivity contribution in [3.05, 3.63) is 58.6 Å². The Morgan fingerprint density at radius 2 is 1.83 bits per heavy atom. The van der Waals surface area contributed by atoms with Crippen molar-refractivity contribution in [3.63, 3.8) is 0 Å². The van der Waals surface area contributed by atoms with Crippen molar-refractivity contribution in [2.45, 2.75) is 37.9 Å². The van der Waals surface area contributed by atoms with E-state index >= 15 is 0 Å². The van der Waals surface area contributed by atoms with E-state index in [1.807, 2.05) is 6.92 Å². The van der Waals surface area contributed by atoms with Crippen LogP contribution in [0.1, 0.15) is 41.6 Å². The van der Waals surface area contributed by atoms with Crippen LogP contribution in [0.2, 0.25) is 0 Å². The molecular formula is C24H28N2O7S2. The Bertz CT molecular complexity index is 1290. The molecule has 2 aromatic carbocycles. The van der Waals surface area contributed by atoms with Gasteiger partial charge >= 0.3 is 0 Å². The lowest BCUT2D eigenvalue weighted by atomic mass is 10.1. The summed E-state index contributed by atoms with van der Waals surface area (Å²) in [5, 5.41) is 14.4. The van der Waals surface area contributed by atoms with Crippen LogP contribution in [0.5, 0.6) is 17.2 Å². The van der Waals surface area contributed by atoms with Crippen molar-refractivity contribution < 1.29 is 32.5 Å². The second kappa shape index (κ2) is 11.2. The van der Waals surface area contributed by atoms with Gasteiger partial charge in [0.15, 0.2) is 15.0 Å². The fourth-order valence-electron chi connectivity index (χ4n) is 3.09. The number of rotatable bonds is 10. The van der Waals surface area contributed by atoms with Gasteiger partial charge < -0.3 is 19.3 Å². The summed E-state index contributed by atoms with van der Waals surface area (Å²) in [6.45, 7) is 5.58. The van der Waals surface area contributed by atoms with E-state index in [9.17, 15) is 18.3 Å². The third-order valence-corrected chi connectivity index (χ3v) is 6.86. The summed E-state index contributed by atoms with van der Waals surface area (Å²) in [4.78, 5) is 17.4. The highest BCUT2D eigenvalue weighted by atomic mass is 32.2. The van der Waals surface area contributed by atoms with Crippen LogP contribution in [-0.4, -0.2) is 50.5 Å². The maximum Gasteiger partial charge on any atom is 0.257 e. The number of hydrogen-bond acceptors (Lipinski definition) is 9. The van der Waals surface area contributed by atoms with Gasteiger partial charge in [0.2, 0.25) is 0 Å². The second-order valence-electron chi connectivity index (χ2n) is 8.03. The number of nitrogens with one attached hydrogen (secondary N) is 1. The molecule has 1 amide bonds. The van der Waals surface area contributed by atoms with Gasteiger partial charge in [-0.15, -0.1) is 11.3 Å². The van der Waals surface area contributed by atoms with Crippen LogP contribution in [0.15, 0.2) is 46.7 Å². The molecule has 2 atom stereocenters. The van der Waals surface area contributed by atoms with Crippen LogP contribution in [0.3, 0.4) is 0 Å². The number of anilines is 1. The van der Waals surface area contributed by atoms with Gasteiger partial charge in [-0.1, -0.05) is 0 Å². The average Bonchev–Trinajstić information content (AvgIpc) is 3.25. The van der Waals surface area contributed by atoms with Gasteiger partial charge in [0, 0.05) is 29.9 Å². The Morgan fingerprint density at radius 1 is 1.17 bits per heavy atom. The fraction of sp³-hybridized carbons (Fsp3) is 0.333. The van der Waals surface area contributed by atoms with E-state index in [-0.39, 0.29) is 16.6 Å². The number of amides is 1. The Morgan fingerprint density at radius 3 is 2.40 bits per heavy atom. The molecule has 11 heteroatoms. The molecule has 1 heterocycles. The molecule has 0 unspecified atom stereocenters. The number of ether oxygens (including phenoxy) is 3. The zero-order valence-electron chi connectivity index (χ0n) is 20.1. The molecule has 2 N–H and O–H groups in total. The molecule has 3 aromatic rings. The van der Waals surface area contributed by atoms with Crippen LogP contribution in [0.25, 0.3) is 0 Å². The number of nitrogens with zero attached hydrogens (tertiary/aromatic N) is 1. The van der Waals surface area contributed by atoms with E-state index < -0.39 is 21.8 Å². The predicted molar refractivity (Wildman–Crippen MR) is 133 cm³/mol. The molecule has 0 spiro atoms. The Balaban J connectivity index is 1.93. The van der Waals surface area contributed by atoms with Crippen LogP contribution in [0, 0.1) is 6.92 Å². The number of aromatic nitrogens is 1. The SMILES string of the molecule is COC[C@H](C)Oc1cc(C(=O)Nc2nc([C@H](C)O)cs2)cc(Oc2ccc(S(C)(=O)=O)cc2)c1C. The standard InChI is InChI=1S/C24H28N2O7S2/c1-14(12-31-4)32-21-10-17(23(28)26-24-25-20(13-34-24)16(3)27)11-22(15(21)2)33-18-6-8-19(9-7-18)35(5,29)30/h6-11,13-14,16,27H,12H2,1-5H3,(H,25,26,28)/t14-,16-/m0/s1. The molecule has 9 nitrogen and oxygen atoms in total. The molecule has 0 saturated heterocycles. The van der Waals surface area contributed by atoms with E-state index in [4.69, 9.17) is 14.2 Å². The molecule has 188 valence electrons. The first-order valence-corrected chi connectivity index (χ1v) is 13.5. The van der Waals surface area contributed by atoms with Crippen molar-refractivity contribution in [1.29, 1.82) is 0 Å². The minimum absolute atomic E-state index is 0.173. The maximum atomic E-state index is 13.0. The lowest BCUT2D eigenvalue weighted by Crippen LogP contribution is -2.19. The summed E-state index contributed by atoms with van der Waals surface area (Å²) < 4.78 is 40.6. The van der Waals surface area contributed by atoms with Crippen LogP contribution in [-0.2, 0) is 14.6 Å². The van der Waals surface area contributed by atoms with Gasteiger partial charge in [-0.05, 0) is 57.2 Å². The molecule has 3 rings (SSSR count). The van der Waals surface area contributed by atoms with Crippen LogP contribution < -0.4 is 14.8 Å². The van der Waals surface area contributed by atoms with E-state index in [0.29, 0.717) is 40.2 Å². The van der Waals surface area contributed by atoms with Gasteiger partial charge in [0.05, 0.1) is 23.3 Å². The first-order chi connectivity index (χ1) is 16.5. The van der Waals surface area contributed by atoms with Gasteiger partial charge in [-0.2, -0.15) is 0 Å². The summed E-state index contributed by atoms with van der Waals surface area (Å²) in [5.41, 5.74) is 1.39. The Labute approximate surface area is 208 Å². The lowest BCUT2D eigenvalue weighted by molar-refractivity contribution is 0.0911. The number of thiazole rings is 1. The van der Waals surface area contributed by atoms with Crippen molar-refractivity contribution in [3.8, 4) is 17.2 Å². The molecule has 0 saturated carbocycles. The van der Waals surface area contributed by atoms with Crippen molar-refractivity contribution in [2.24, 2.45) is 0 Å². The van der Waals surface area contributed by atoms with E-state index in [1.54, 1.807) is 50.6 Å². The lowest BCUT2D eigenvalue weighted by Gasteiger charge is -2.19. The first-order valence-electron chi connectivity index (χ1n) is 10.7. The summed E-state index contributed by atoms with van der Waals surface area (Å²) in [7, 11) is -1.77. The van der Waals surface area contributed by atoms with Crippen LogP contribution >= 0.6 is 11.3 Å². The molecule has 0 aliphatic carbocycles. The fourth-order valence-corrected chi connectivity index (χ4v) is 4.52. The summed E-state index contributed by atoms with van der Waals surface area (Å²) >= 11 is 1.20. The van der Waals surface area contributed by atoms with E-state index in [1.165, 1.54) is 23.5 Å². The summed E-state index contributed by atoms with van der Waals surface area (Å²) in [6, 6.07) is 9.19. The predicted octanol–water partition coefficient (Wildman–Crippen LogP) is 4.37. The Kier molecular flexibility index (Phi) is 8.49. The molecule has 35 heavy (non-hydrogen) atoms. The molecule has 1 aromatic heterocycles. The number of aliphatic hydroxyl groups excluding tert-OH is 1. The number of carbonyl (C=O) groups excluding carboxylic acids is 1. The third-order valence-electron chi connectivity index (χ3n) is 4.95. The number of hydrogen-bond donors (Lipinski definition) is 2. The highest BCUT2D eigenvalue weighted by Gasteiger charge is 2.19. The topological polar surface area (TPSA) is 124 Å². The zero-order chi connectivity index (χ0) is 25.8. The average molecular weight is 521 g/mol. The quantitative estimate of drug-likeness (QED) is 0.404. The highest BCUT2D eigenvalue weighted by molar-refractivity contribution is 7.90. The number of carbonyl (C=O) groups is 1. The van der Waals surface area contributed by atoms with E-state index in [0.717, 1.165) is 6.26 Å². The molecular weight excluding hydrogens is 492 g/mol. The zero-order valence-corrected chi connectivity index (χ0v) is 21.7. The largest absolute Gasteiger partial charge is 0.488 e. The number of benzene rings is 2. The number of methoxy groups -OCH3 is 1. The summed E-state index contributed by atoms with van der Waals surface area (Å²) in [5.74, 6) is 0.774. The highest BCUT2D eigenvalue weighted by Crippen LogP contribution is 2.34. The van der Waals surface area contributed by atoms with Crippen molar-refractivity contribution in [1.82, 2.24) is 4.98 Å². The minimum Gasteiger partial charge on any atom is -0.488 e. The monoisotopic (exact) mass is 520 g/mol. The molecule has 0 fully saturated rings. The first kappa shape index (κ1) is 26.6. The van der Waals surface area contributed by atoms with Crippen molar-refractivity contribution in [2.75, 3.05) is 25.3 Å². The molecule has 0 aliphatic rings. The number of aliphatic hydroxyl groups is 1. The molecule has 0 bridgehead atoms. The second-order valence-corrected chi connectivity index (χ2v) is 10.9. The van der Waals surface area contributed by atoms with Crippen LogP contribution in [0.4, 0.5) is 5.13 Å². The van der Waals surface area contributed by atoms with Gasteiger partial charge in [-0.3, -0.25) is 10.1 Å². The normalized spacial score (nSPS) is 13.2. The number of sulfone groups is 1. The van der Waals surface area contributed by atoms with Gasteiger partial charge in [0.1, 0.15) is 23.4 Å². The third kappa shape index (κ3) is 7.01.